The van der Waals surface area contributed by atoms with Gasteiger partial charge in [-0.15, -0.1) is 0 Å². The van der Waals surface area contributed by atoms with E-state index in [4.69, 9.17) is 11.6 Å². The Labute approximate surface area is 137 Å². The number of imidazole rings is 1. The highest BCUT2D eigenvalue weighted by Crippen LogP contribution is 2.24. The molecule has 0 amide bonds. The van der Waals surface area contributed by atoms with Crippen molar-refractivity contribution in [3.05, 3.63) is 47.3 Å². The lowest BCUT2D eigenvalue weighted by Crippen LogP contribution is -2.07. The van der Waals surface area contributed by atoms with E-state index in [1.165, 1.54) is 12.4 Å². The maximum atomic E-state index is 14.0. The van der Waals surface area contributed by atoms with Crippen molar-refractivity contribution < 1.29 is 4.39 Å². The summed E-state index contributed by atoms with van der Waals surface area (Å²) in [7, 11) is 3.72. The lowest BCUT2D eigenvalue weighted by atomic mass is 10.2. The van der Waals surface area contributed by atoms with Gasteiger partial charge in [-0.25, -0.2) is 24.3 Å². The van der Waals surface area contributed by atoms with Crippen molar-refractivity contribution in [2.45, 2.75) is 6.54 Å². The van der Waals surface area contributed by atoms with Crippen LogP contribution in [0, 0.1) is 5.82 Å². The van der Waals surface area contributed by atoms with Crippen LogP contribution in [0.3, 0.4) is 0 Å². The third kappa shape index (κ3) is 3.14. The molecule has 0 N–H and O–H groups in total. The number of hydrogen-bond donors (Lipinski definition) is 0. The van der Waals surface area contributed by atoms with E-state index in [1.807, 2.05) is 14.1 Å². The van der Waals surface area contributed by atoms with Gasteiger partial charge in [0.2, 0.25) is 0 Å². The molecule has 0 atom stereocenters. The molecule has 3 rings (SSSR count). The summed E-state index contributed by atoms with van der Waals surface area (Å²) >= 11 is 6.08. The zero-order valence-electron chi connectivity index (χ0n) is 12.6. The average molecular weight is 333 g/mol. The van der Waals surface area contributed by atoms with Crippen LogP contribution in [0.2, 0.25) is 5.02 Å². The van der Waals surface area contributed by atoms with Crippen molar-refractivity contribution in [3.8, 4) is 0 Å². The van der Waals surface area contributed by atoms with Crippen molar-refractivity contribution in [2.24, 2.45) is 4.99 Å². The summed E-state index contributed by atoms with van der Waals surface area (Å²) in [6.45, 7) is 0.232. The van der Waals surface area contributed by atoms with E-state index in [-0.39, 0.29) is 12.4 Å². The molecule has 0 fully saturated rings. The van der Waals surface area contributed by atoms with Gasteiger partial charge in [-0.1, -0.05) is 17.7 Å². The molecule has 6 nitrogen and oxygen atoms in total. The third-order valence-corrected chi connectivity index (χ3v) is 3.54. The van der Waals surface area contributed by atoms with Crippen LogP contribution in [0.25, 0.3) is 11.2 Å². The normalized spacial score (nSPS) is 11.5. The Morgan fingerprint density at radius 3 is 2.87 bits per heavy atom. The Bertz CT molecular complexity index is 853. The van der Waals surface area contributed by atoms with Crippen LogP contribution < -0.4 is 0 Å². The number of aromatic nitrogens is 4. The van der Waals surface area contributed by atoms with Crippen molar-refractivity contribution in [1.29, 1.82) is 0 Å². The molecule has 0 bridgehead atoms. The first kappa shape index (κ1) is 15.4. The van der Waals surface area contributed by atoms with Crippen LogP contribution >= 0.6 is 11.6 Å². The van der Waals surface area contributed by atoms with Gasteiger partial charge >= 0.3 is 0 Å². The largest absolute Gasteiger partial charge is 0.369 e. The zero-order valence-corrected chi connectivity index (χ0v) is 13.4. The predicted molar refractivity (Wildman–Crippen MR) is 87.7 cm³/mol. The van der Waals surface area contributed by atoms with Crippen molar-refractivity contribution in [1.82, 2.24) is 24.4 Å². The fraction of sp³-hybridized carbons (Fsp3) is 0.200. The van der Waals surface area contributed by atoms with Crippen molar-refractivity contribution >= 4 is 34.9 Å². The summed E-state index contributed by atoms with van der Waals surface area (Å²) in [5.41, 5.74) is 1.52. The minimum Gasteiger partial charge on any atom is -0.369 e. The van der Waals surface area contributed by atoms with Gasteiger partial charge in [0, 0.05) is 24.7 Å². The van der Waals surface area contributed by atoms with Crippen LogP contribution in [-0.2, 0) is 6.54 Å². The van der Waals surface area contributed by atoms with Gasteiger partial charge in [0.1, 0.15) is 12.1 Å². The molecule has 0 unspecified atom stereocenters. The predicted octanol–water partition coefficient (Wildman–Crippen LogP) is 2.89. The smallest absolute Gasteiger partial charge is 0.184 e. The van der Waals surface area contributed by atoms with Gasteiger partial charge in [-0.2, -0.15) is 0 Å². The minimum absolute atomic E-state index is 0.232. The summed E-state index contributed by atoms with van der Waals surface area (Å²) < 4.78 is 15.7. The average Bonchev–Trinajstić information content (AvgIpc) is 2.92. The number of fused-ring (bicyclic) bond motifs is 1. The van der Waals surface area contributed by atoms with E-state index >= 15 is 0 Å². The second-order valence-corrected chi connectivity index (χ2v) is 5.56. The Balaban J connectivity index is 2.02. The van der Waals surface area contributed by atoms with Crippen molar-refractivity contribution in [2.75, 3.05) is 14.1 Å². The highest BCUT2D eigenvalue weighted by atomic mass is 35.5. The second-order valence-electron chi connectivity index (χ2n) is 5.15. The summed E-state index contributed by atoms with van der Waals surface area (Å²) in [4.78, 5) is 18.7. The molecule has 118 valence electrons. The fourth-order valence-corrected chi connectivity index (χ4v) is 2.33. The molecule has 1 aromatic carbocycles. The summed E-state index contributed by atoms with van der Waals surface area (Å²) in [5.74, 6) is 0.0985. The molecule has 0 aliphatic rings. The van der Waals surface area contributed by atoms with Gasteiger partial charge < -0.3 is 9.47 Å². The lowest BCUT2D eigenvalue weighted by molar-refractivity contribution is 0.601. The van der Waals surface area contributed by atoms with Crippen LogP contribution in [0.15, 0.2) is 35.8 Å². The molecule has 0 saturated heterocycles. The molecule has 3 aromatic rings. The fourth-order valence-electron chi connectivity index (χ4n) is 2.10. The van der Waals surface area contributed by atoms with Gasteiger partial charge in [-0.3, -0.25) is 0 Å². The van der Waals surface area contributed by atoms with Gasteiger partial charge in [0.05, 0.1) is 19.2 Å². The number of nitrogens with zero attached hydrogens (tertiary/aromatic N) is 6. The van der Waals surface area contributed by atoms with E-state index in [2.05, 4.69) is 19.9 Å². The molecule has 0 saturated carbocycles. The Morgan fingerprint density at radius 1 is 1.30 bits per heavy atom. The molecule has 0 aliphatic heterocycles. The highest BCUT2D eigenvalue weighted by Gasteiger charge is 2.13. The molecular weight excluding hydrogens is 319 g/mol. The quantitative estimate of drug-likeness (QED) is 0.544. The number of halogens is 2. The minimum atomic E-state index is -0.362. The van der Waals surface area contributed by atoms with Gasteiger partial charge in [0.15, 0.2) is 17.0 Å². The maximum Gasteiger partial charge on any atom is 0.184 e. The van der Waals surface area contributed by atoms with Crippen molar-refractivity contribution in [3.63, 3.8) is 0 Å². The van der Waals surface area contributed by atoms with E-state index in [1.54, 1.807) is 34.3 Å². The second kappa shape index (κ2) is 6.29. The summed E-state index contributed by atoms with van der Waals surface area (Å²) in [6, 6.07) is 4.60. The third-order valence-electron chi connectivity index (χ3n) is 3.18. The lowest BCUT2D eigenvalue weighted by Gasteiger charge is -2.07. The first-order valence-corrected chi connectivity index (χ1v) is 7.23. The molecule has 2 aromatic heterocycles. The molecule has 2 heterocycles. The van der Waals surface area contributed by atoms with Crippen LogP contribution in [0.1, 0.15) is 5.56 Å². The SMILES string of the molecule is CN(C)/C=N/c1ncnc2c1ncn2Cc1c(F)cccc1Cl. The van der Waals surface area contributed by atoms with E-state index in [0.717, 1.165) is 0 Å². The van der Waals surface area contributed by atoms with E-state index < -0.39 is 0 Å². The Hall–Kier alpha value is -2.54. The number of aliphatic imine (C=N–C) groups is 1. The topological polar surface area (TPSA) is 59.2 Å². The van der Waals surface area contributed by atoms with E-state index in [0.29, 0.717) is 27.6 Å². The molecule has 8 heteroatoms. The highest BCUT2D eigenvalue weighted by molar-refractivity contribution is 6.31. The Morgan fingerprint density at radius 2 is 2.13 bits per heavy atom. The van der Waals surface area contributed by atoms with Crippen LogP contribution in [0.4, 0.5) is 10.2 Å². The number of rotatable bonds is 4. The van der Waals surface area contributed by atoms with E-state index in [9.17, 15) is 4.39 Å². The molecule has 23 heavy (non-hydrogen) atoms. The monoisotopic (exact) mass is 332 g/mol. The van der Waals surface area contributed by atoms with Gasteiger partial charge in [-0.05, 0) is 12.1 Å². The van der Waals surface area contributed by atoms with Crippen LogP contribution in [0.5, 0.6) is 0 Å². The Kier molecular flexibility index (Phi) is 4.20. The standard InChI is InChI=1S/C15H14ClFN6/c1-22(2)8-21-14-13-15(19-7-18-14)23(9-20-13)6-10-11(16)4-3-5-12(10)17/h3-5,7-9H,6H2,1-2H3/b21-8+. The first-order chi connectivity index (χ1) is 11.1. The summed E-state index contributed by atoms with van der Waals surface area (Å²) in [6.07, 6.45) is 4.62. The first-order valence-electron chi connectivity index (χ1n) is 6.85. The summed E-state index contributed by atoms with van der Waals surface area (Å²) in [5, 5.41) is 0.367. The van der Waals surface area contributed by atoms with Crippen LogP contribution in [-0.4, -0.2) is 44.9 Å². The number of hydrogen-bond acceptors (Lipinski definition) is 4. The molecular formula is C15H14ClFN6. The maximum absolute atomic E-state index is 14.0. The molecule has 0 aliphatic carbocycles. The zero-order chi connectivity index (χ0) is 16.4. The molecule has 0 spiro atoms. The number of benzene rings is 1. The molecule has 0 radical (unpaired) electrons. The van der Waals surface area contributed by atoms with Gasteiger partial charge in [0.25, 0.3) is 0 Å².